The maximum absolute atomic E-state index is 12.8. The molecule has 0 aliphatic carbocycles. The molecular weight excluding hydrogens is 400 g/mol. The molecule has 132 valence electrons. The summed E-state index contributed by atoms with van der Waals surface area (Å²) >= 11 is 4.92. The van der Waals surface area contributed by atoms with Crippen LogP contribution in [0.1, 0.15) is 12.5 Å². The highest BCUT2D eigenvalue weighted by Crippen LogP contribution is 2.20. The van der Waals surface area contributed by atoms with Gasteiger partial charge in [0.05, 0.1) is 5.75 Å². The van der Waals surface area contributed by atoms with E-state index in [1.807, 2.05) is 54.6 Å². The summed E-state index contributed by atoms with van der Waals surface area (Å²) in [5.41, 5.74) is 0.975. The first kappa shape index (κ1) is 19.5. The summed E-state index contributed by atoms with van der Waals surface area (Å²) < 4.78 is 0.948. The van der Waals surface area contributed by atoms with Gasteiger partial charge in [0, 0.05) is 23.0 Å². The first-order valence-electron chi connectivity index (χ1n) is 7.94. The summed E-state index contributed by atoms with van der Waals surface area (Å²) in [7, 11) is 1.58. The molecule has 0 bridgehead atoms. The Morgan fingerprint density at radius 3 is 2.52 bits per heavy atom. The van der Waals surface area contributed by atoms with Crippen LogP contribution in [0.25, 0.3) is 0 Å². The number of thioether (sulfide) groups is 1. The van der Waals surface area contributed by atoms with E-state index in [1.54, 1.807) is 18.9 Å². The van der Waals surface area contributed by atoms with E-state index in [4.69, 9.17) is 0 Å². The molecule has 0 radical (unpaired) electrons. The van der Waals surface area contributed by atoms with Gasteiger partial charge >= 0.3 is 0 Å². The van der Waals surface area contributed by atoms with Crippen LogP contribution in [-0.2, 0) is 16.1 Å². The summed E-state index contributed by atoms with van der Waals surface area (Å²) in [4.78, 5) is 27.5. The van der Waals surface area contributed by atoms with Crippen LogP contribution in [0.2, 0.25) is 0 Å². The highest BCUT2D eigenvalue weighted by molar-refractivity contribution is 9.10. The molecule has 6 heteroatoms. The van der Waals surface area contributed by atoms with E-state index in [0.717, 1.165) is 14.9 Å². The minimum atomic E-state index is -0.534. The Bertz CT molecular complexity index is 724. The van der Waals surface area contributed by atoms with Crippen LogP contribution in [0.15, 0.2) is 64.0 Å². The van der Waals surface area contributed by atoms with E-state index in [0.29, 0.717) is 12.3 Å². The number of hydrogen-bond donors (Lipinski definition) is 1. The summed E-state index contributed by atoms with van der Waals surface area (Å²) in [6.07, 6.45) is 0. The predicted octanol–water partition coefficient (Wildman–Crippen LogP) is 3.70. The normalized spacial score (nSPS) is 11.6. The Hall–Kier alpha value is -1.79. The first-order valence-corrected chi connectivity index (χ1v) is 9.72. The largest absolute Gasteiger partial charge is 0.357 e. The first-order chi connectivity index (χ1) is 12.0. The Labute approximate surface area is 161 Å². The average molecular weight is 421 g/mol. The van der Waals surface area contributed by atoms with Crippen LogP contribution in [0.5, 0.6) is 0 Å². The lowest BCUT2D eigenvalue weighted by molar-refractivity contribution is -0.138. The minimum Gasteiger partial charge on any atom is -0.357 e. The van der Waals surface area contributed by atoms with Gasteiger partial charge in [-0.3, -0.25) is 9.59 Å². The Kier molecular flexibility index (Phi) is 7.52. The van der Waals surface area contributed by atoms with Gasteiger partial charge in [-0.1, -0.05) is 46.3 Å². The molecule has 4 nitrogen and oxygen atoms in total. The summed E-state index contributed by atoms with van der Waals surface area (Å²) in [5.74, 6) is 0.0530. The molecule has 0 spiro atoms. The highest BCUT2D eigenvalue weighted by atomic mass is 79.9. The molecule has 2 amide bonds. The monoisotopic (exact) mass is 420 g/mol. The quantitative estimate of drug-likeness (QED) is 0.694. The van der Waals surface area contributed by atoms with Crippen molar-refractivity contribution in [2.75, 3.05) is 12.8 Å². The molecule has 0 unspecified atom stereocenters. The standard InChI is InChI=1S/C19H21BrN2O2S/c1-14(19(24)21-2)22(12-15-7-6-8-16(20)11-15)18(23)13-25-17-9-4-3-5-10-17/h3-11,14H,12-13H2,1-2H3,(H,21,24)/t14-/m0/s1. The number of halogens is 1. The second-order valence-corrected chi connectivity index (χ2v) is 7.51. The second-order valence-electron chi connectivity index (χ2n) is 5.54. The third-order valence-corrected chi connectivity index (χ3v) is 5.25. The minimum absolute atomic E-state index is 0.0649. The Morgan fingerprint density at radius 1 is 1.16 bits per heavy atom. The molecule has 0 fully saturated rings. The van der Waals surface area contributed by atoms with Gasteiger partial charge in [-0.2, -0.15) is 0 Å². The fourth-order valence-corrected chi connectivity index (χ4v) is 3.62. The zero-order valence-electron chi connectivity index (χ0n) is 14.2. The van der Waals surface area contributed by atoms with Crippen molar-refractivity contribution in [2.24, 2.45) is 0 Å². The number of carbonyl (C=O) groups is 2. The SMILES string of the molecule is CNC(=O)[C@H](C)N(Cc1cccc(Br)c1)C(=O)CSc1ccccc1. The second kappa shape index (κ2) is 9.63. The number of nitrogens with zero attached hydrogens (tertiary/aromatic N) is 1. The van der Waals surface area contributed by atoms with Crippen LogP contribution in [0.4, 0.5) is 0 Å². The molecule has 0 heterocycles. The summed E-state index contributed by atoms with van der Waals surface area (Å²) in [6.45, 7) is 2.14. The molecule has 2 aromatic carbocycles. The predicted molar refractivity (Wildman–Crippen MR) is 105 cm³/mol. The van der Waals surface area contributed by atoms with Crippen molar-refractivity contribution in [1.29, 1.82) is 0 Å². The van der Waals surface area contributed by atoms with Gasteiger partial charge in [-0.05, 0) is 36.8 Å². The average Bonchev–Trinajstić information content (AvgIpc) is 2.64. The molecule has 0 aliphatic rings. The number of hydrogen-bond acceptors (Lipinski definition) is 3. The van der Waals surface area contributed by atoms with Gasteiger partial charge in [-0.25, -0.2) is 0 Å². The number of benzene rings is 2. The molecule has 0 saturated heterocycles. The molecule has 1 atom stereocenters. The molecule has 0 saturated carbocycles. The molecule has 2 rings (SSSR count). The summed E-state index contributed by atoms with van der Waals surface area (Å²) in [5, 5.41) is 2.62. The van der Waals surface area contributed by atoms with Crippen LogP contribution in [-0.4, -0.2) is 35.6 Å². The topological polar surface area (TPSA) is 49.4 Å². The maximum Gasteiger partial charge on any atom is 0.242 e. The third kappa shape index (κ3) is 5.90. The van der Waals surface area contributed by atoms with E-state index >= 15 is 0 Å². The van der Waals surface area contributed by atoms with Gasteiger partial charge in [0.15, 0.2) is 0 Å². The van der Waals surface area contributed by atoms with E-state index in [-0.39, 0.29) is 11.8 Å². The van der Waals surface area contributed by atoms with Gasteiger partial charge in [0.2, 0.25) is 11.8 Å². The Morgan fingerprint density at radius 2 is 1.88 bits per heavy atom. The van der Waals surface area contributed by atoms with E-state index in [9.17, 15) is 9.59 Å². The van der Waals surface area contributed by atoms with Gasteiger partial charge in [0.25, 0.3) is 0 Å². The molecular formula is C19H21BrN2O2S. The number of likely N-dealkylation sites (N-methyl/N-ethyl adjacent to an activating group) is 1. The molecule has 0 aromatic heterocycles. The van der Waals surface area contributed by atoms with E-state index in [2.05, 4.69) is 21.2 Å². The number of nitrogens with one attached hydrogen (secondary N) is 1. The maximum atomic E-state index is 12.8. The lowest BCUT2D eigenvalue weighted by atomic mass is 10.1. The number of carbonyl (C=O) groups excluding carboxylic acids is 2. The van der Waals surface area contributed by atoms with Crippen molar-refractivity contribution in [2.45, 2.75) is 24.4 Å². The highest BCUT2D eigenvalue weighted by Gasteiger charge is 2.25. The number of rotatable bonds is 7. The molecule has 25 heavy (non-hydrogen) atoms. The van der Waals surface area contributed by atoms with Gasteiger partial charge < -0.3 is 10.2 Å². The molecule has 2 aromatic rings. The van der Waals surface area contributed by atoms with Crippen molar-refractivity contribution in [1.82, 2.24) is 10.2 Å². The van der Waals surface area contributed by atoms with Crippen molar-refractivity contribution in [3.05, 3.63) is 64.6 Å². The van der Waals surface area contributed by atoms with E-state index < -0.39 is 6.04 Å². The van der Waals surface area contributed by atoms with Gasteiger partial charge in [0.1, 0.15) is 6.04 Å². The number of amides is 2. The fourth-order valence-electron chi connectivity index (χ4n) is 2.37. The van der Waals surface area contributed by atoms with Crippen molar-refractivity contribution in [3.63, 3.8) is 0 Å². The van der Waals surface area contributed by atoms with Crippen molar-refractivity contribution < 1.29 is 9.59 Å². The van der Waals surface area contributed by atoms with Crippen LogP contribution < -0.4 is 5.32 Å². The van der Waals surface area contributed by atoms with E-state index in [1.165, 1.54) is 11.8 Å². The smallest absolute Gasteiger partial charge is 0.242 e. The zero-order chi connectivity index (χ0) is 18.2. The van der Waals surface area contributed by atoms with Gasteiger partial charge in [-0.15, -0.1) is 11.8 Å². The van der Waals surface area contributed by atoms with Crippen LogP contribution >= 0.6 is 27.7 Å². The molecule has 0 aliphatic heterocycles. The lowest BCUT2D eigenvalue weighted by Gasteiger charge is -2.28. The van der Waals surface area contributed by atoms with Crippen molar-refractivity contribution >= 4 is 39.5 Å². The lowest BCUT2D eigenvalue weighted by Crippen LogP contribution is -2.47. The summed E-state index contributed by atoms with van der Waals surface area (Å²) in [6, 6.07) is 17.0. The van der Waals surface area contributed by atoms with Crippen LogP contribution in [0.3, 0.4) is 0 Å². The van der Waals surface area contributed by atoms with Crippen molar-refractivity contribution in [3.8, 4) is 0 Å². The third-order valence-electron chi connectivity index (χ3n) is 3.76. The van der Waals surface area contributed by atoms with Crippen LogP contribution in [0, 0.1) is 0 Å². The molecule has 1 N–H and O–H groups in total. The zero-order valence-corrected chi connectivity index (χ0v) is 16.6. The Balaban J connectivity index is 2.12. The fraction of sp³-hybridized carbons (Fsp3) is 0.263.